The topological polar surface area (TPSA) is 90.6 Å². The number of amides is 1. The molecule has 0 aromatic rings. The summed E-state index contributed by atoms with van der Waals surface area (Å²) in [6.07, 6.45) is 2.00. The van der Waals surface area contributed by atoms with Crippen LogP contribution in [-0.4, -0.2) is 42.7 Å². The zero-order valence-electron chi connectivity index (χ0n) is 18.2. The van der Waals surface area contributed by atoms with Crippen molar-refractivity contribution >= 4 is 11.9 Å². The number of ether oxygens (including phenoxy) is 2. The number of nitrogens with one attached hydrogen (secondary N) is 1. The summed E-state index contributed by atoms with van der Waals surface area (Å²) in [5.74, 6) is -1.40. The van der Waals surface area contributed by atoms with E-state index in [2.05, 4.69) is 10.1 Å². The van der Waals surface area contributed by atoms with Gasteiger partial charge in [-0.1, -0.05) is 13.8 Å². The van der Waals surface area contributed by atoms with Crippen LogP contribution in [0.5, 0.6) is 0 Å². The first-order chi connectivity index (χ1) is 12.3. The Morgan fingerprint density at radius 1 is 1.55 bits per heavy atom. The lowest BCUT2D eigenvalue weighted by molar-refractivity contribution is -0.139. The van der Waals surface area contributed by atoms with Crippen molar-refractivity contribution in [1.82, 2.24) is 5.32 Å². The van der Waals surface area contributed by atoms with Crippen molar-refractivity contribution in [2.24, 2.45) is 5.73 Å². The van der Waals surface area contributed by atoms with Gasteiger partial charge in [0, 0.05) is 22.7 Å². The van der Waals surface area contributed by atoms with Crippen molar-refractivity contribution in [1.29, 1.82) is 0 Å². The van der Waals surface area contributed by atoms with Crippen molar-refractivity contribution in [2.45, 2.75) is 71.2 Å². The number of rotatable bonds is 7. The first kappa shape index (κ1) is 12.1. The molecule has 0 spiro atoms. The third-order valence-electron chi connectivity index (χ3n) is 3.67. The van der Waals surface area contributed by atoms with Gasteiger partial charge in [0.15, 0.2) is 0 Å². The number of carbonyl (C=O) groups is 2. The summed E-state index contributed by atoms with van der Waals surface area (Å²) < 4.78 is 46.9. The minimum Gasteiger partial charge on any atom is -0.463 e. The number of hydrogen-bond acceptors (Lipinski definition) is 5. The molecule has 0 radical (unpaired) electrons. The van der Waals surface area contributed by atoms with Gasteiger partial charge >= 0.3 is 5.97 Å². The monoisotopic (exact) mass is 317 g/mol. The molecule has 0 aliphatic heterocycles. The largest absolute Gasteiger partial charge is 0.463 e. The van der Waals surface area contributed by atoms with Crippen LogP contribution in [0, 0.1) is 0 Å². The molecule has 6 heteroatoms. The second-order valence-electron chi connectivity index (χ2n) is 5.32. The highest BCUT2D eigenvalue weighted by Gasteiger charge is 2.35. The number of hydrogen-bond donors (Lipinski definition) is 2. The van der Waals surface area contributed by atoms with Crippen LogP contribution in [0.1, 0.15) is 53.7 Å². The average Bonchev–Trinajstić information content (AvgIpc) is 2.53. The maximum atomic E-state index is 12.3. The SMILES string of the molecule is [2H]C([2H])([2H])C([2H])([2H])OC(=O)C1=C[C@H](OC(CC)CC)[C@H](NC(C)=O)[C@H](N)C1. The Morgan fingerprint density at radius 3 is 2.77 bits per heavy atom. The summed E-state index contributed by atoms with van der Waals surface area (Å²) in [6, 6.07) is -1.25. The molecule has 1 aliphatic rings. The second-order valence-corrected chi connectivity index (χ2v) is 5.32. The lowest BCUT2D eigenvalue weighted by Gasteiger charge is -2.36. The van der Waals surface area contributed by atoms with Gasteiger partial charge in [0.1, 0.15) is 0 Å². The third kappa shape index (κ3) is 5.10. The molecule has 1 aliphatic carbocycles. The zero-order chi connectivity index (χ0) is 21.0. The van der Waals surface area contributed by atoms with Gasteiger partial charge < -0.3 is 20.5 Å². The van der Waals surface area contributed by atoms with Gasteiger partial charge in [-0.25, -0.2) is 4.79 Å². The molecule has 3 N–H and O–H groups in total. The van der Waals surface area contributed by atoms with E-state index in [1.807, 2.05) is 13.8 Å². The predicted molar refractivity (Wildman–Crippen MR) is 84.2 cm³/mol. The molecule has 0 fully saturated rings. The van der Waals surface area contributed by atoms with Gasteiger partial charge in [-0.2, -0.15) is 0 Å². The maximum Gasteiger partial charge on any atom is 0.333 e. The van der Waals surface area contributed by atoms with E-state index in [0.29, 0.717) is 12.8 Å². The Bertz CT molecular complexity index is 576. The molecule has 22 heavy (non-hydrogen) atoms. The molecule has 0 aromatic heterocycles. The van der Waals surface area contributed by atoms with E-state index in [-0.39, 0.29) is 24.0 Å². The van der Waals surface area contributed by atoms with Crippen LogP contribution in [0.15, 0.2) is 11.6 Å². The van der Waals surface area contributed by atoms with E-state index in [9.17, 15) is 9.59 Å². The number of nitrogens with two attached hydrogens (primary N) is 1. The molecule has 0 bridgehead atoms. The van der Waals surface area contributed by atoms with Crippen molar-refractivity contribution in [2.75, 3.05) is 6.56 Å². The minimum atomic E-state index is -3.13. The van der Waals surface area contributed by atoms with Crippen LogP contribution in [-0.2, 0) is 19.1 Å². The Balaban J connectivity index is 3.10. The van der Waals surface area contributed by atoms with E-state index in [0.717, 1.165) is 0 Å². The lowest BCUT2D eigenvalue weighted by atomic mass is 9.88. The van der Waals surface area contributed by atoms with Gasteiger partial charge in [0.25, 0.3) is 0 Å². The van der Waals surface area contributed by atoms with Crippen molar-refractivity contribution in [3.8, 4) is 0 Å². The Hall–Kier alpha value is -1.40. The van der Waals surface area contributed by atoms with Gasteiger partial charge in [-0.3, -0.25) is 4.79 Å². The fraction of sp³-hybridized carbons (Fsp3) is 0.750. The highest BCUT2D eigenvalue weighted by molar-refractivity contribution is 5.89. The molecule has 0 saturated carbocycles. The quantitative estimate of drug-likeness (QED) is 0.690. The molecule has 1 rings (SSSR count). The fourth-order valence-electron chi connectivity index (χ4n) is 2.51. The van der Waals surface area contributed by atoms with Crippen molar-refractivity contribution in [3.63, 3.8) is 0 Å². The lowest BCUT2D eigenvalue weighted by Crippen LogP contribution is -2.57. The Morgan fingerprint density at radius 2 is 2.23 bits per heavy atom. The smallest absolute Gasteiger partial charge is 0.333 e. The number of esters is 1. The highest BCUT2D eigenvalue weighted by atomic mass is 16.5. The molecular formula is C16H28N2O4. The summed E-state index contributed by atoms with van der Waals surface area (Å²) in [4.78, 5) is 23.8. The van der Waals surface area contributed by atoms with Crippen LogP contribution in [0.2, 0.25) is 0 Å². The van der Waals surface area contributed by atoms with E-state index < -0.39 is 37.6 Å². The van der Waals surface area contributed by atoms with E-state index >= 15 is 0 Å². The standard InChI is InChI=1S/C16H28N2O4/c1-5-12(6-2)22-14-9-11(16(20)21-7-3)8-13(17)15(14)18-10(4)19/h9,12-15H,5-8,17H2,1-4H3,(H,18,19)/t13-,14+,15-/m1/s1/i3D3,7D2. The van der Waals surface area contributed by atoms with Crippen molar-refractivity contribution < 1.29 is 25.9 Å². The van der Waals surface area contributed by atoms with Crippen LogP contribution in [0.25, 0.3) is 0 Å². The van der Waals surface area contributed by atoms with Crippen LogP contribution < -0.4 is 11.1 Å². The Labute approximate surface area is 139 Å². The normalized spacial score (nSPS) is 29.4. The second kappa shape index (κ2) is 8.90. The molecule has 0 saturated heterocycles. The van der Waals surface area contributed by atoms with Gasteiger partial charge in [-0.15, -0.1) is 0 Å². The first-order valence-electron chi connectivity index (χ1n) is 9.94. The zero-order valence-corrected chi connectivity index (χ0v) is 13.2. The van der Waals surface area contributed by atoms with Crippen LogP contribution in [0.3, 0.4) is 0 Å². The first-order valence-corrected chi connectivity index (χ1v) is 7.44. The predicted octanol–water partition coefficient (Wildman–Crippen LogP) is 1.29. The summed E-state index contributed by atoms with van der Waals surface area (Å²) in [7, 11) is 0. The molecular weight excluding hydrogens is 284 g/mol. The van der Waals surface area contributed by atoms with E-state index in [1.54, 1.807) is 0 Å². The summed E-state index contributed by atoms with van der Waals surface area (Å²) in [5.41, 5.74) is 6.13. The molecule has 0 aromatic carbocycles. The van der Waals surface area contributed by atoms with Crippen LogP contribution in [0.4, 0.5) is 0 Å². The average molecular weight is 317 g/mol. The molecule has 6 nitrogen and oxygen atoms in total. The summed E-state index contributed by atoms with van der Waals surface area (Å²) in [5, 5.41) is 2.72. The fourth-order valence-corrected chi connectivity index (χ4v) is 2.51. The summed E-state index contributed by atoms with van der Waals surface area (Å²) in [6.45, 7) is -1.03. The van der Waals surface area contributed by atoms with E-state index in [1.165, 1.54) is 13.0 Å². The molecule has 126 valence electrons. The molecule has 3 atom stereocenters. The summed E-state index contributed by atoms with van der Waals surface area (Å²) >= 11 is 0. The highest BCUT2D eigenvalue weighted by Crippen LogP contribution is 2.24. The van der Waals surface area contributed by atoms with Gasteiger partial charge in [-0.05, 0) is 32.2 Å². The maximum absolute atomic E-state index is 12.3. The van der Waals surface area contributed by atoms with Crippen LogP contribution >= 0.6 is 0 Å². The molecule has 1 amide bonds. The molecule has 0 heterocycles. The molecule has 0 unspecified atom stereocenters. The number of carbonyl (C=O) groups excluding carboxylic acids is 2. The minimum absolute atomic E-state index is 0.0103. The Kier molecular flexibility index (Phi) is 4.89. The third-order valence-corrected chi connectivity index (χ3v) is 3.67. The van der Waals surface area contributed by atoms with Gasteiger partial charge in [0.2, 0.25) is 5.91 Å². The van der Waals surface area contributed by atoms with Crippen molar-refractivity contribution in [3.05, 3.63) is 11.6 Å². The van der Waals surface area contributed by atoms with E-state index in [4.69, 9.17) is 17.3 Å². The van der Waals surface area contributed by atoms with Gasteiger partial charge in [0.05, 0.1) is 27.6 Å².